The topological polar surface area (TPSA) is 160 Å². The Bertz CT molecular complexity index is 861. The van der Waals surface area contributed by atoms with E-state index in [1.807, 2.05) is 6.92 Å². The van der Waals surface area contributed by atoms with Crippen molar-refractivity contribution in [2.45, 2.75) is 99.5 Å². The lowest BCUT2D eigenvalue weighted by Gasteiger charge is -2.60. The highest BCUT2D eigenvalue weighted by atomic mass is 16.9. The van der Waals surface area contributed by atoms with Crippen molar-refractivity contribution in [3.63, 3.8) is 0 Å². The third kappa shape index (κ3) is 7.90. The monoisotopic (exact) mass is 664 g/mol. The van der Waals surface area contributed by atoms with E-state index in [0.29, 0.717) is 66.1 Å². The number of methoxy groups -OCH3 is 2. The van der Waals surface area contributed by atoms with Gasteiger partial charge in [0.15, 0.2) is 0 Å². The average Bonchev–Trinajstić information content (AvgIpc) is 3.05. The SMILES string of the molecule is COCCOCCOC1C2OC3CC([C@H]2OCCO[C@H](C)CO[C@@H]2C4OC5O[C@@H](C4O)C(O)[C@H]2O5)[C@H](OCCOCCOC)[C@@H]1C3. The van der Waals surface area contributed by atoms with E-state index in [4.69, 9.17) is 61.6 Å². The minimum Gasteiger partial charge on any atom is -0.387 e. The Morgan fingerprint density at radius 2 is 1.09 bits per heavy atom. The molecule has 3 aliphatic carbocycles. The zero-order chi connectivity index (χ0) is 32.0. The molecule has 15 nitrogen and oxygen atoms in total. The summed E-state index contributed by atoms with van der Waals surface area (Å²) in [6.07, 6.45) is -3.51. The van der Waals surface area contributed by atoms with Crippen LogP contribution in [0.5, 0.6) is 0 Å². The van der Waals surface area contributed by atoms with Crippen molar-refractivity contribution >= 4 is 0 Å². The number of hydrogen-bond acceptors (Lipinski definition) is 15. The van der Waals surface area contributed by atoms with E-state index in [1.54, 1.807) is 14.2 Å². The molecule has 46 heavy (non-hydrogen) atoms. The van der Waals surface area contributed by atoms with Crippen LogP contribution in [0.25, 0.3) is 0 Å². The highest BCUT2D eigenvalue weighted by Gasteiger charge is 2.62. The Labute approximate surface area is 270 Å². The van der Waals surface area contributed by atoms with Gasteiger partial charge in [-0.2, -0.15) is 0 Å². The molecule has 15 heteroatoms. The fourth-order valence-corrected chi connectivity index (χ4v) is 7.78. The summed E-state index contributed by atoms with van der Waals surface area (Å²) in [5.41, 5.74) is 0. The Kier molecular flexibility index (Phi) is 12.9. The van der Waals surface area contributed by atoms with Crippen molar-refractivity contribution in [2.24, 2.45) is 11.8 Å². The highest BCUT2D eigenvalue weighted by molar-refractivity contribution is 5.10. The zero-order valence-corrected chi connectivity index (χ0v) is 27.1. The van der Waals surface area contributed by atoms with Gasteiger partial charge < -0.3 is 71.8 Å². The molecular weight excluding hydrogens is 612 g/mol. The van der Waals surface area contributed by atoms with Crippen LogP contribution in [0.15, 0.2) is 0 Å². The molecule has 0 aromatic rings. The van der Waals surface area contributed by atoms with E-state index in [9.17, 15) is 10.2 Å². The fraction of sp³-hybridized carbons (Fsp3) is 1.00. The quantitative estimate of drug-likeness (QED) is 0.139. The van der Waals surface area contributed by atoms with Crippen LogP contribution in [-0.4, -0.2) is 177 Å². The third-order valence-electron chi connectivity index (χ3n) is 9.81. The molecule has 0 radical (unpaired) electrons. The van der Waals surface area contributed by atoms with Gasteiger partial charge >= 0.3 is 0 Å². The lowest BCUT2D eigenvalue weighted by atomic mass is 9.62. The van der Waals surface area contributed by atoms with E-state index in [1.165, 1.54) is 0 Å². The van der Waals surface area contributed by atoms with Crippen LogP contribution >= 0.6 is 0 Å². The highest BCUT2D eigenvalue weighted by Crippen LogP contribution is 2.51. The molecule has 8 aliphatic rings. The first-order valence-electron chi connectivity index (χ1n) is 16.7. The number of rotatable bonds is 22. The summed E-state index contributed by atoms with van der Waals surface area (Å²) >= 11 is 0. The zero-order valence-electron chi connectivity index (χ0n) is 27.1. The van der Waals surface area contributed by atoms with Gasteiger partial charge in [-0.05, 0) is 19.8 Å². The van der Waals surface area contributed by atoms with Crippen LogP contribution in [0.1, 0.15) is 19.8 Å². The maximum atomic E-state index is 10.5. The van der Waals surface area contributed by atoms with Crippen molar-refractivity contribution in [1.29, 1.82) is 0 Å². The summed E-state index contributed by atoms with van der Waals surface area (Å²) in [6.45, 7) is 5.98. The van der Waals surface area contributed by atoms with Crippen molar-refractivity contribution in [1.82, 2.24) is 0 Å². The summed E-state index contributed by atoms with van der Waals surface area (Å²) in [7, 11) is 3.30. The molecule has 15 atom stereocenters. The summed E-state index contributed by atoms with van der Waals surface area (Å²) in [5.74, 6) is 0.384. The van der Waals surface area contributed by atoms with Gasteiger partial charge in [0.2, 0.25) is 0 Å². The van der Waals surface area contributed by atoms with Gasteiger partial charge in [0.25, 0.3) is 6.48 Å². The molecule has 8 rings (SSSR count). The number of hydrogen-bond donors (Lipinski definition) is 2. The van der Waals surface area contributed by atoms with E-state index in [2.05, 4.69) is 0 Å². The molecule has 8 fully saturated rings. The molecule has 3 saturated carbocycles. The first kappa shape index (κ1) is 35.2. The van der Waals surface area contributed by atoms with Gasteiger partial charge in [-0.1, -0.05) is 0 Å². The van der Waals surface area contributed by atoms with Gasteiger partial charge in [0.1, 0.15) is 42.7 Å². The van der Waals surface area contributed by atoms with Gasteiger partial charge in [-0.3, -0.25) is 0 Å². The lowest BCUT2D eigenvalue weighted by Crippen LogP contribution is -2.75. The molecule has 0 amide bonds. The number of aliphatic hydroxyl groups excluding tert-OH is 2. The van der Waals surface area contributed by atoms with Gasteiger partial charge in [0, 0.05) is 26.1 Å². The first-order chi connectivity index (χ1) is 22.5. The van der Waals surface area contributed by atoms with Crippen molar-refractivity contribution in [2.75, 3.05) is 86.9 Å². The van der Waals surface area contributed by atoms with Crippen LogP contribution < -0.4 is 0 Å². The summed E-state index contributed by atoms with van der Waals surface area (Å²) < 4.78 is 75.9. The van der Waals surface area contributed by atoms with Crippen LogP contribution in [-0.2, 0) is 61.6 Å². The Morgan fingerprint density at radius 3 is 1.67 bits per heavy atom. The molecule has 5 heterocycles. The second-order valence-corrected chi connectivity index (χ2v) is 12.8. The van der Waals surface area contributed by atoms with E-state index in [0.717, 1.165) is 12.8 Å². The average molecular weight is 665 g/mol. The van der Waals surface area contributed by atoms with Gasteiger partial charge in [-0.25, -0.2) is 0 Å². The molecule has 8 bridgehead atoms. The van der Waals surface area contributed by atoms with E-state index in [-0.39, 0.29) is 55.1 Å². The number of ether oxygens (including phenoxy) is 13. The van der Waals surface area contributed by atoms with Crippen LogP contribution in [0.4, 0.5) is 0 Å². The first-order valence-corrected chi connectivity index (χ1v) is 16.7. The van der Waals surface area contributed by atoms with E-state index < -0.39 is 43.1 Å². The molecule has 0 aromatic carbocycles. The normalized spacial score (nSPS) is 42.7. The molecule has 266 valence electrons. The van der Waals surface area contributed by atoms with Crippen molar-refractivity contribution in [3.8, 4) is 0 Å². The Balaban J connectivity index is 0.976. The van der Waals surface area contributed by atoms with Crippen molar-refractivity contribution in [3.05, 3.63) is 0 Å². The Morgan fingerprint density at radius 1 is 0.565 bits per heavy atom. The summed E-state index contributed by atoms with van der Waals surface area (Å²) in [5, 5.41) is 21.0. The predicted octanol–water partition coefficient (Wildman–Crippen LogP) is -0.733. The minimum absolute atomic E-state index is 0.0263. The largest absolute Gasteiger partial charge is 0.387 e. The molecule has 8 unspecified atom stereocenters. The molecular formula is C31H52O15. The standard InChI is InChI=1S/C31H52O15/c1-17(16-42-29-27-21(32)26-22(33)28(29)46-31(44-26)45-27)38-12-13-41-25-20-15-18-14-19(23(20)39-10-8-36-6-4-34-2)24(30(25)43-18)40-11-9-37-7-5-35-3/h17-33H,4-16H2,1-3H3/t17-,18?,19+,20?,21?,22?,23-,24?,25-,26-,27-,28?,29+,30?,31?/m1/s1. The molecule has 5 saturated heterocycles. The molecule has 2 N–H and O–H groups in total. The van der Waals surface area contributed by atoms with Gasteiger partial charge in [0.05, 0.1) is 103 Å². The molecule has 0 aromatic heterocycles. The molecule has 5 aliphatic heterocycles. The molecule has 0 spiro atoms. The second-order valence-electron chi connectivity index (χ2n) is 12.8. The lowest BCUT2D eigenvalue weighted by molar-refractivity contribution is -0.484. The third-order valence-corrected chi connectivity index (χ3v) is 9.81. The van der Waals surface area contributed by atoms with Crippen LogP contribution in [0.2, 0.25) is 0 Å². The van der Waals surface area contributed by atoms with Crippen molar-refractivity contribution < 1.29 is 71.8 Å². The fourth-order valence-electron chi connectivity index (χ4n) is 7.78. The van der Waals surface area contributed by atoms with Gasteiger partial charge in [-0.15, -0.1) is 0 Å². The second kappa shape index (κ2) is 16.9. The summed E-state index contributed by atoms with van der Waals surface area (Å²) in [4.78, 5) is 0. The van der Waals surface area contributed by atoms with E-state index >= 15 is 0 Å². The summed E-state index contributed by atoms with van der Waals surface area (Å²) in [6, 6.07) is 0. The predicted molar refractivity (Wildman–Crippen MR) is 155 cm³/mol. The van der Waals surface area contributed by atoms with Crippen LogP contribution in [0, 0.1) is 11.8 Å². The number of aliphatic hydroxyl groups is 2. The smallest absolute Gasteiger partial charge is 0.272 e. The maximum Gasteiger partial charge on any atom is 0.272 e. The van der Waals surface area contributed by atoms with Crippen LogP contribution in [0.3, 0.4) is 0 Å². The minimum atomic E-state index is -0.990. The Hall–Kier alpha value is -0.600. The maximum absolute atomic E-state index is 10.5.